The third-order valence-corrected chi connectivity index (χ3v) is 31.6. The van der Waals surface area contributed by atoms with Gasteiger partial charge in [0.2, 0.25) is 0 Å². The van der Waals surface area contributed by atoms with Crippen molar-refractivity contribution in [3.63, 3.8) is 0 Å². The van der Waals surface area contributed by atoms with Crippen molar-refractivity contribution in [1.29, 1.82) is 0 Å². The molecule has 0 spiro atoms. The average molecular weight is 976 g/mol. The number of aliphatic hydroxyl groups is 2. The topological polar surface area (TPSA) is 117 Å². The molecule has 28 rings (SSSR count). The molecule has 28 aliphatic carbocycles. The van der Waals surface area contributed by atoms with Crippen LogP contribution in [-0.2, 0) is 0 Å². The molecule has 0 amide bonds. The van der Waals surface area contributed by atoms with Crippen LogP contribution in [0.25, 0.3) is 10.4 Å². The first kappa shape index (κ1) is 45.7. The van der Waals surface area contributed by atoms with Gasteiger partial charge >= 0.3 is 0 Å². The summed E-state index contributed by atoms with van der Waals surface area (Å²) < 4.78 is 0. The third-order valence-electron chi connectivity index (χ3n) is 31.6. The number of aliphatic hydroxyl groups excluding tert-OH is 2. The zero-order valence-electron chi connectivity index (χ0n) is 43.9. The summed E-state index contributed by atoms with van der Waals surface area (Å²) in [6.07, 6.45) is 36.0. The Kier molecular flexibility index (Phi) is 9.88. The summed E-state index contributed by atoms with van der Waals surface area (Å²) in [6.45, 7) is 7.16. The van der Waals surface area contributed by atoms with Crippen molar-refractivity contribution < 1.29 is 28.4 Å². The molecule has 28 aliphatic rings. The van der Waals surface area contributed by atoms with Gasteiger partial charge < -0.3 is 28.4 Å². The second-order valence-corrected chi connectivity index (χ2v) is 32.9. The second-order valence-electron chi connectivity index (χ2n) is 32.9. The van der Waals surface area contributed by atoms with Crippen LogP contribution in [0.1, 0.15) is 175 Å². The predicted octanol–water partition coefficient (Wildman–Crippen LogP) is 9.49. The number of halogens is 1. The number of rotatable bonds is 5. The maximum atomic E-state index is 10.3. The summed E-state index contributed by atoms with van der Waals surface area (Å²) in [6, 6.07) is 0.926. The molecule has 32 bridgehead atoms. The van der Waals surface area contributed by atoms with E-state index < -0.39 is 0 Å². The lowest BCUT2D eigenvalue weighted by molar-refractivity contribution is -0.458. The summed E-state index contributed by atoms with van der Waals surface area (Å²) in [5.41, 5.74) is 15.1. The maximum absolute atomic E-state index is 10.3. The van der Waals surface area contributed by atoms with Gasteiger partial charge in [0.25, 0.3) is 0 Å². The van der Waals surface area contributed by atoms with Crippen LogP contribution in [0.2, 0.25) is 0 Å². The van der Waals surface area contributed by atoms with E-state index in [2.05, 4.69) is 36.5 Å². The van der Waals surface area contributed by atoms with Crippen LogP contribution in [0.3, 0.4) is 0 Å². The average Bonchev–Trinajstić information content (AvgIpc) is 3.37. The summed E-state index contributed by atoms with van der Waals surface area (Å²) in [5.74, 6) is 30.3. The SMILES string of the molecule is CC(N=[N+]=[N-])C12CC3C4CC5CC3C(C1)C(C5)C4C2.CC(O)C12CC3C4CC5CC3C(C1)C(C5)C4C2.CC([NH3+])C12CC3C4CC5CC3C(C1)C(C5)C4C2.OCC12CC3C4CC5CC3C(C1)C(C5)C4C2.[Cl-]. The Morgan fingerprint density at radius 2 is 0.643 bits per heavy atom. The van der Waals surface area contributed by atoms with Gasteiger partial charge in [0.05, 0.1) is 12.1 Å². The third kappa shape index (κ3) is 5.76. The van der Waals surface area contributed by atoms with Gasteiger partial charge in [-0.25, -0.2) is 0 Å². The van der Waals surface area contributed by atoms with Crippen LogP contribution < -0.4 is 18.1 Å². The van der Waals surface area contributed by atoms with Crippen molar-refractivity contribution in [2.45, 2.75) is 193 Å². The van der Waals surface area contributed by atoms with Crippen LogP contribution in [0.5, 0.6) is 0 Å². The minimum atomic E-state index is -0.0486. The molecule has 70 heavy (non-hydrogen) atoms. The van der Waals surface area contributed by atoms with E-state index >= 15 is 0 Å². The van der Waals surface area contributed by atoms with Gasteiger partial charge in [-0.1, -0.05) is 12.0 Å². The standard InChI is InChI=1S/C16H23N3.C16H25N.C16H24O.C15H22O.ClH/c1-8(18-19-17)16-5-13-10-2-9-3-11(13)15(7-16)12(4-9)14(10)6-16;2*1-8(17)16-5-13-10-2-9-3-11(13)15(7-16)12(4-9)14(10)6-16;16-7-15-4-12-9-1-8-2-10(12)14(6-15)11(3-8)13(9)5-15;/h8-15H,2-7H2,1H3;8-15H,2-7,17H2,1H3;8-15,17H,2-7H2,1H3;8-14,16H,1-7H2;1H. The fourth-order valence-electron chi connectivity index (χ4n) is 30.0. The van der Waals surface area contributed by atoms with E-state index in [4.69, 9.17) is 5.53 Å². The number of azide groups is 1. The molecule has 7 heteroatoms. The Balaban J connectivity index is 0.0000000807. The van der Waals surface area contributed by atoms with Crippen LogP contribution in [0.4, 0.5) is 0 Å². The molecule has 0 radical (unpaired) electrons. The molecule has 0 saturated heterocycles. The quantitative estimate of drug-likeness (QED) is 0.145. The van der Waals surface area contributed by atoms with Crippen LogP contribution in [0, 0.1) is 187 Å². The minimum Gasteiger partial charge on any atom is -1.00 e. The molecule has 0 aromatic carbocycles. The van der Waals surface area contributed by atoms with Gasteiger partial charge in [0.1, 0.15) is 0 Å². The fraction of sp³-hybridized carbons (Fsp3) is 1.00. The van der Waals surface area contributed by atoms with E-state index in [9.17, 15) is 10.2 Å². The molecule has 6 nitrogen and oxygen atoms in total. The van der Waals surface area contributed by atoms with Crippen LogP contribution in [-0.4, -0.2) is 35.0 Å². The van der Waals surface area contributed by atoms with Crippen molar-refractivity contribution in [1.82, 2.24) is 0 Å². The number of nitrogens with zero attached hydrogens (tertiary/aromatic N) is 3. The maximum Gasteiger partial charge on any atom is 0.0872 e. The van der Waals surface area contributed by atoms with Crippen LogP contribution in [0.15, 0.2) is 5.11 Å². The van der Waals surface area contributed by atoms with Gasteiger partial charge in [-0.05, 0) is 355 Å². The molecule has 3 atom stereocenters. The van der Waals surface area contributed by atoms with Crippen molar-refractivity contribution in [3.8, 4) is 0 Å². The second kappa shape index (κ2) is 15.1. The molecule has 0 aliphatic heterocycles. The van der Waals surface area contributed by atoms with Crippen molar-refractivity contribution in [2.75, 3.05) is 6.61 Å². The van der Waals surface area contributed by atoms with Crippen molar-refractivity contribution in [2.24, 2.45) is 192 Å². The Labute approximate surface area is 428 Å². The molecular formula is C63H95ClN4O2. The van der Waals surface area contributed by atoms with E-state index in [0.29, 0.717) is 34.3 Å². The van der Waals surface area contributed by atoms with Crippen molar-refractivity contribution in [3.05, 3.63) is 10.4 Å². The smallest absolute Gasteiger partial charge is 0.0872 e. The lowest BCUT2D eigenvalue weighted by Crippen LogP contribution is -3.00. The van der Waals surface area contributed by atoms with E-state index in [1.54, 1.807) is 96.3 Å². The fourth-order valence-corrected chi connectivity index (χ4v) is 30.0. The van der Waals surface area contributed by atoms with Crippen molar-refractivity contribution >= 4 is 0 Å². The largest absolute Gasteiger partial charge is 1.00 e. The zero-order valence-corrected chi connectivity index (χ0v) is 44.7. The normalized spacial score (nSPS) is 65.3. The van der Waals surface area contributed by atoms with Gasteiger partial charge in [0, 0.05) is 23.0 Å². The molecule has 0 heterocycles. The highest BCUT2D eigenvalue weighted by Gasteiger charge is 2.72. The molecule has 386 valence electrons. The highest BCUT2D eigenvalue weighted by Crippen LogP contribution is 2.79. The molecule has 3 unspecified atom stereocenters. The zero-order chi connectivity index (χ0) is 46.0. The first-order valence-corrected chi connectivity index (χ1v) is 31.5. The Hall–Kier alpha value is -0.520. The number of hydrogen-bond donors (Lipinski definition) is 3. The Morgan fingerprint density at radius 1 is 0.414 bits per heavy atom. The summed E-state index contributed by atoms with van der Waals surface area (Å²) in [4.78, 5) is 3.12. The number of hydrogen-bond acceptors (Lipinski definition) is 3. The molecule has 0 aromatic rings. The van der Waals surface area contributed by atoms with Gasteiger partial charge in [-0.15, -0.1) is 0 Å². The monoisotopic (exact) mass is 975 g/mol. The molecular weight excluding hydrogens is 880 g/mol. The highest BCUT2D eigenvalue weighted by molar-refractivity contribution is 5.21. The van der Waals surface area contributed by atoms with E-state index in [1.165, 1.54) is 75.5 Å². The summed E-state index contributed by atoms with van der Waals surface area (Å²) in [7, 11) is 0. The summed E-state index contributed by atoms with van der Waals surface area (Å²) in [5, 5.41) is 24.2. The summed E-state index contributed by atoms with van der Waals surface area (Å²) >= 11 is 0. The Bertz CT molecular complexity index is 1870. The first-order valence-electron chi connectivity index (χ1n) is 31.5. The lowest BCUT2D eigenvalue weighted by Gasteiger charge is -2.73. The van der Waals surface area contributed by atoms with Crippen LogP contribution >= 0.6 is 0 Å². The van der Waals surface area contributed by atoms with E-state index in [1.807, 2.05) is 0 Å². The van der Waals surface area contributed by atoms with E-state index in [0.717, 1.165) is 148 Å². The van der Waals surface area contributed by atoms with E-state index in [-0.39, 0.29) is 24.6 Å². The molecule has 0 aromatic heterocycles. The number of quaternary nitrogens is 1. The highest BCUT2D eigenvalue weighted by atomic mass is 35.5. The molecule has 28 saturated carbocycles. The van der Waals surface area contributed by atoms with Gasteiger partial charge in [-0.2, -0.15) is 0 Å². The molecule has 5 N–H and O–H groups in total. The predicted molar refractivity (Wildman–Crippen MR) is 268 cm³/mol. The van der Waals surface area contributed by atoms with Gasteiger partial charge in [-0.3, -0.25) is 0 Å². The molecule has 28 fully saturated rings. The minimum absolute atomic E-state index is 0. The Morgan fingerprint density at radius 3 is 0.857 bits per heavy atom. The first-order chi connectivity index (χ1) is 33.4. The van der Waals surface area contributed by atoms with Gasteiger partial charge in [0.15, 0.2) is 0 Å². The lowest BCUT2D eigenvalue weighted by atomic mass is 9.32.